The van der Waals surface area contributed by atoms with Gasteiger partial charge in [-0.15, -0.1) is 0 Å². The van der Waals surface area contributed by atoms with Crippen molar-refractivity contribution in [1.29, 1.82) is 0 Å². The highest BCUT2D eigenvalue weighted by Gasteiger charge is 2.28. The summed E-state index contributed by atoms with van der Waals surface area (Å²) in [4.78, 5) is 29.2. The summed E-state index contributed by atoms with van der Waals surface area (Å²) < 4.78 is 4.87. The summed E-state index contributed by atoms with van der Waals surface area (Å²) in [5.74, 6) is 0.696. The summed E-state index contributed by atoms with van der Waals surface area (Å²) in [7, 11) is 1.34. The molecule has 2 aromatic rings. The lowest BCUT2D eigenvalue weighted by atomic mass is 9.92. The SMILES string of the molecule is COC(=O)c1[nH]c2ccc(C)cc2c1NC(=O)C[NH+]1C[C@H](C)C[C@@H](C)C1. The number of piperidine rings is 1. The second-order valence-corrected chi connectivity index (χ2v) is 7.74. The van der Waals surface area contributed by atoms with E-state index >= 15 is 0 Å². The van der Waals surface area contributed by atoms with Crippen LogP contribution < -0.4 is 10.2 Å². The monoisotopic (exact) mass is 358 g/mol. The van der Waals surface area contributed by atoms with E-state index in [2.05, 4.69) is 24.1 Å². The highest BCUT2D eigenvalue weighted by Crippen LogP contribution is 2.29. The van der Waals surface area contributed by atoms with Crippen LogP contribution in [0.25, 0.3) is 10.9 Å². The first kappa shape index (κ1) is 18.5. The van der Waals surface area contributed by atoms with E-state index in [0.29, 0.717) is 24.1 Å². The molecule has 1 amide bonds. The Morgan fingerprint density at radius 3 is 2.62 bits per heavy atom. The van der Waals surface area contributed by atoms with Gasteiger partial charge in [-0.2, -0.15) is 0 Å². The van der Waals surface area contributed by atoms with Crippen LogP contribution in [0.15, 0.2) is 18.2 Å². The van der Waals surface area contributed by atoms with Gasteiger partial charge in [0.15, 0.2) is 6.54 Å². The van der Waals surface area contributed by atoms with Gasteiger partial charge in [-0.3, -0.25) is 4.79 Å². The Labute approximate surface area is 153 Å². The molecule has 6 heteroatoms. The molecule has 2 heterocycles. The van der Waals surface area contributed by atoms with Crippen molar-refractivity contribution < 1.29 is 19.2 Å². The maximum Gasteiger partial charge on any atom is 0.356 e. The predicted octanol–water partition coefficient (Wildman–Crippen LogP) is 1.76. The minimum absolute atomic E-state index is 0.0751. The van der Waals surface area contributed by atoms with Crippen LogP contribution in [0.1, 0.15) is 36.3 Å². The molecule has 0 spiro atoms. The summed E-state index contributed by atoms with van der Waals surface area (Å²) >= 11 is 0. The first-order valence-electron chi connectivity index (χ1n) is 9.21. The van der Waals surface area contributed by atoms with Gasteiger partial charge in [-0.1, -0.05) is 25.5 Å². The molecule has 0 bridgehead atoms. The van der Waals surface area contributed by atoms with Crippen molar-refractivity contribution in [2.24, 2.45) is 11.8 Å². The van der Waals surface area contributed by atoms with Gasteiger partial charge in [-0.05, 0) is 25.5 Å². The fourth-order valence-corrected chi connectivity index (χ4v) is 4.17. The fraction of sp³-hybridized carbons (Fsp3) is 0.500. The number of aryl methyl sites for hydroxylation is 1. The van der Waals surface area contributed by atoms with Crippen LogP contribution in [0.2, 0.25) is 0 Å². The van der Waals surface area contributed by atoms with Crippen LogP contribution in [0, 0.1) is 18.8 Å². The molecule has 6 nitrogen and oxygen atoms in total. The second kappa shape index (κ2) is 7.50. The number of hydrogen-bond donors (Lipinski definition) is 3. The van der Waals surface area contributed by atoms with Crippen molar-refractivity contribution in [2.45, 2.75) is 27.2 Å². The number of benzene rings is 1. The number of fused-ring (bicyclic) bond motifs is 1. The van der Waals surface area contributed by atoms with Crippen LogP contribution in [-0.2, 0) is 9.53 Å². The average Bonchev–Trinajstić information content (AvgIpc) is 2.91. The molecule has 1 aliphatic rings. The zero-order valence-corrected chi connectivity index (χ0v) is 15.9. The Morgan fingerprint density at radius 2 is 1.96 bits per heavy atom. The summed E-state index contributed by atoms with van der Waals surface area (Å²) in [6.45, 7) is 8.89. The van der Waals surface area contributed by atoms with Gasteiger partial charge in [-0.25, -0.2) is 4.79 Å². The summed E-state index contributed by atoms with van der Waals surface area (Å²) in [6.07, 6.45) is 1.22. The van der Waals surface area contributed by atoms with Crippen LogP contribution in [0.3, 0.4) is 0 Å². The Morgan fingerprint density at radius 1 is 1.27 bits per heavy atom. The number of rotatable bonds is 4. The van der Waals surface area contributed by atoms with E-state index < -0.39 is 5.97 Å². The molecule has 3 N–H and O–H groups in total. The topological polar surface area (TPSA) is 75.6 Å². The first-order chi connectivity index (χ1) is 12.4. The summed E-state index contributed by atoms with van der Waals surface area (Å²) in [5.41, 5.74) is 2.67. The maximum absolute atomic E-state index is 12.7. The summed E-state index contributed by atoms with van der Waals surface area (Å²) in [5, 5.41) is 3.79. The van der Waals surface area contributed by atoms with Crippen molar-refractivity contribution in [3.63, 3.8) is 0 Å². The molecule has 1 aromatic carbocycles. The third-order valence-corrected chi connectivity index (χ3v) is 5.10. The molecule has 2 atom stereocenters. The molecular weight excluding hydrogens is 330 g/mol. The molecule has 0 saturated carbocycles. The van der Waals surface area contributed by atoms with Gasteiger partial charge < -0.3 is 19.9 Å². The number of H-pyrrole nitrogens is 1. The van der Waals surface area contributed by atoms with E-state index in [1.165, 1.54) is 18.4 Å². The normalized spacial score (nSPS) is 23.0. The third-order valence-electron chi connectivity index (χ3n) is 5.10. The lowest BCUT2D eigenvalue weighted by Crippen LogP contribution is -3.15. The number of hydrogen-bond acceptors (Lipinski definition) is 3. The average molecular weight is 358 g/mol. The third kappa shape index (κ3) is 3.90. The zero-order valence-electron chi connectivity index (χ0n) is 15.9. The predicted molar refractivity (Wildman–Crippen MR) is 102 cm³/mol. The number of anilines is 1. The molecular formula is C20H28N3O3+. The lowest BCUT2D eigenvalue weighted by Gasteiger charge is -2.31. The Balaban J connectivity index is 1.83. The van der Waals surface area contributed by atoms with Crippen LogP contribution in [0.4, 0.5) is 5.69 Å². The van der Waals surface area contributed by atoms with Gasteiger partial charge in [0.05, 0.1) is 25.9 Å². The van der Waals surface area contributed by atoms with Gasteiger partial charge in [0, 0.05) is 22.7 Å². The van der Waals surface area contributed by atoms with Crippen molar-refractivity contribution in [3.05, 3.63) is 29.5 Å². The smallest absolute Gasteiger partial charge is 0.356 e. The van der Waals surface area contributed by atoms with Gasteiger partial charge in [0.25, 0.3) is 5.91 Å². The molecule has 26 heavy (non-hydrogen) atoms. The number of carbonyl (C=O) groups excluding carboxylic acids is 2. The molecule has 1 aromatic heterocycles. The first-order valence-corrected chi connectivity index (χ1v) is 9.21. The largest absolute Gasteiger partial charge is 0.464 e. The van der Waals surface area contributed by atoms with Crippen LogP contribution >= 0.6 is 0 Å². The van der Waals surface area contributed by atoms with Gasteiger partial charge in [0.2, 0.25) is 0 Å². The highest BCUT2D eigenvalue weighted by atomic mass is 16.5. The number of likely N-dealkylation sites (tertiary alicyclic amines) is 1. The number of carbonyl (C=O) groups is 2. The fourth-order valence-electron chi connectivity index (χ4n) is 4.17. The van der Waals surface area contributed by atoms with E-state index in [9.17, 15) is 9.59 Å². The Kier molecular flexibility index (Phi) is 5.32. The van der Waals surface area contributed by atoms with E-state index in [1.54, 1.807) is 0 Å². The minimum Gasteiger partial charge on any atom is -0.464 e. The number of nitrogens with one attached hydrogen (secondary N) is 3. The van der Waals surface area contributed by atoms with Gasteiger partial charge >= 0.3 is 5.97 Å². The van der Waals surface area contributed by atoms with Crippen molar-refractivity contribution in [2.75, 3.05) is 32.1 Å². The molecule has 1 saturated heterocycles. The molecule has 0 aliphatic carbocycles. The standard InChI is InChI=1S/C20H27N3O3/c1-12-5-6-16-15(8-12)18(19(21-16)20(25)26-4)22-17(24)11-23-9-13(2)7-14(3)10-23/h5-6,8,13-14,21H,7,9-11H2,1-4H3,(H,22,24)/p+1/t13-,14-/m1/s1. The number of amides is 1. The van der Waals surface area contributed by atoms with Gasteiger partial charge in [0.1, 0.15) is 5.69 Å². The quantitative estimate of drug-likeness (QED) is 0.729. The van der Waals surface area contributed by atoms with E-state index in [1.807, 2.05) is 25.1 Å². The number of esters is 1. The lowest BCUT2D eigenvalue weighted by molar-refractivity contribution is -0.904. The zero-order chi connectivity index (χ0) is 18.8. The van der Waals surface area contributed by atoms with Crippen LogP contribution in [0.5, 0.6) is 0 Å². The number of quaternary nitrogens is 1. The maximum atomic E-state index is 12.7. The van der Waals surface area contributed by atoms with Crippen molar-refractivity contribution in [3.8, 4) is 0 Å². The number of aromatic amines is 1. The molecule has 3 rings (SSSR count). The molecule has 0 radical (unpaired) electrons. The number of ether oxygens (including phenoxy) is 1. The Hall–Kier alpha value is -2.34. The Bertz CT molecular complexity index is 817. The molecule has 1 fully saturated rings. The molecule has 0 unspecified atom stereocenters. The highest BCUT2D eigenvalue weighted by molar-refractivity contribution is 6.11. The van der Waals surface area contributed by atoms with Crippen LogP contribution in [-0.4, -0.2) is 43.6 Å². The number of aromatic nitrogens is 1. The summed E-state index contributed by atoms with van der Waals surface area (Å²) in [6, 6.07) is 5.84. The minimum atomic E-state index is -0.485. The van der Waals surface area contributed by atoms with E-state index in [-0.39, 0.29) is 11.6 Å². The second-order valence-electron chi connectivity index (χ2n) is 7.74. The van der Waals surface area contributed by atoms with Crippen molar-refractivity contribution in [1.82, 2.24) is 4.98 Å². The number of methoxy groups -OCH3 is 1. The molecule has 140 valence electrons. The van der Waals surface area contributed by atoms with E-state index in [0.717, 1.165) is 29.6 Å². The molecule has 1 aliphatic heterocycles. The van der Waals surface area contributed by atoms with Crippen molar-refractivity contribution >= 4 is 28.5 Å². The van der Waals surface area contributed by atoms with E-state index in [4.69, 9.17) is 4.74 Å².